The predicted molar refractivity (Wildman–Crippen MR) is 131 cm³/mol. The van der Waals surface area contributed by atoms with Gasteiger partial charge in [-0.15, -0.1) is 0 Å². The predicted octanol–water partition coefficient (Wildman–Crippen LogP) is 5.43. The average molecular weight is 441 g/mol. The first-order chi connectivity index (χ1) is 16.1. The molecule has 0 aliphatic carbocycles. The Morgan fingerprint density at radius 1 is 1.00 bits per heavy atom. The number of hydrogen-bond acceptors (Lipinski definition) is 3. The van der Waals surface area contributed by atoms with E-state index in [0.717, 1.165) is 19.4 Å². The van der Waals surface area contributed by atoms with Gasteiger partial charge in [-0.3, -0.25) is 9.63 Å². The van der Waals surface area contributed by atoms with Gasteiger partial charge < -0.3 is 4.90 Å². The van der Waals surface area contributed by atoms with Gasteiger partial charge in [-0.1, -0.05) is 72.8 Å². The van der Waals surface area contributed by atoms with Gasteiger partial charge in [0.05, 0.1) is 12.6 Å². The number of hydrogen-bond donors (Lipinski definition) is 0. The molecule has 2 saturated heterocycles. The molecule has 170 valence electrons. The maximum Gasteiger partial charge on any atom is 0.223 e. The number of piperidine rings is 1. The van der Waals surface area contributed by atoms with Crippen molar-refractivity contribution in [2.75, 3.05) is 20.2 Å². The molecule has 2 aliphatic rings. The SMILES string of the molecule is Cc1ccccc1-c1cccc([C@@H]2C[C@H]3[C@H](CON3C)CN2C(=O)CCc2ccccc2)c1. The number of nitrogens with zero attached hydrogens (tertiary/aromatic N) is 2. The molecule has 4 heteroatoms. The summed E-state index contributed by atoms with van der Waals surface area (Å²) >= 11 is 0. The monoisotopic (exact) mass is 440 g/mol. The van der Waals surface area contributed by atoms with Crippen LogP contribution in [0.4, 0.5) is 0 Å². The molecule has 3 atom stereocenters. The third-order valence-corrected chi connectivity index (χ3v) is 7.29. The van der Waals surface area contributed by atoms with E-state index in [0.29, 0.717) is 25.0 Å². The number of benzene rings is 3. The van der Waals surface area contributed by atoms with Gasteiger partial charge in [0, 0.05) is 32.0 Å². The number of amides is 1. The van der Waals surface area contributed by atoms with Crippen LogP contribution >= 0.6 is 0 Å². The number of likely N-dealkylation sites (tertiary alicyclic amines) is 1. The number of rotatable bonds is 5. The molecule has 2 heterocycles. The minimum atomic E-state index is 0.0580. The molecule has 33 heavy (non-hydrogen) atoms. The smallest absolute Gasteiger partial charge is 0.223 e. The first kappa shape index (κ1) is 21.9. The van der Waals surface area contributed by atoms with Gasteiger partial charge in [0.1, 0.15) is 0 Å². The van der Waals surface area contributed by atoms with Gasteiger partial charge in [0.25, 0.3) is 0 Å². The van der Waals surface area contributed by atoms with Gasteiger partial charge in [-0.25, -0.2) is 0 Å². The Morgan fingerprint density at radius 3 is 2.61 bits per heavy atom. The lowest BCUT2D eigenvalue weighted by molar-refractivity contribution is -0.139. The molecule has 3 aromatic carbocycles. The van der Waals surface area contributed by atoms with Crippen molar-refractivity contribution in [1.29, 1.82) is 0 Å². The molecule has 2 fully saturated rings. The standard InChI is InChI=1S/C29H32N2O2/c1-21-9-6-7-14-26(21)23-12-8-13-24(17-23)28-18-27-25(20-33-30(27)2)19-31(28)29(32)16-15-22-10-4-3-5-11-22/h3-14,17,25,27-28H,15-16,18-20H2,1-2H3/t25-,27-,28-/m0/s1. The number of aryl methyl sites for hydroxylation is 2. The van der Waals surface area contributed by atoms with Crippen LogP contribution in [0, 0.1) is 12.8 Å². The van der Waals surface area contributed by atoms with Gasteiger partial charge in [0.2, 0.25) is 5.91 Å². The second kappa shape index (κ2) is 9.50. The van der Waals surface area contributed by atoms with Crippen LogP contribution in [0.1, 0.15) is 35.6 Å². The Bertz CT molecular complexity index is 1110. The summed E-state index contributed by atoms with van der Waals surface area (Å²) in [7, 11) is 2.03. The molecular formula is C29H32N2O2. The van der Waals surface area contributed by atoms with E-state index in [1.807, 2.05) is 30.3 Å². The first-order valence-corrected chi connectivity index (χ1v) is 12.0. The molecule has 0 aromatic heterocycles. The third-order valence-electron chi connectivity index (χ3n) is 7.29. The van der Waals surface area contributed by atoms with Crippen molar-refractivity contribution >= 4 is 5.91 Å². The van der Waals surface area contributed by atoms with E-state index in [4.69, 9.17) is 4.84 Å². The fraction of sp³-hybridized carbons (Fsp3) is 0.345. The number of carbonyl (C=O) groups is 1. The normalized spacial score (nSPS) is 22.8. The highest BCUT2D eigenvalue weighted by molar-refractivity contribution is 5.77. The zero-order valence-electron chi connectivity index (χ0n) is 19.5. The Balaban J connectivity index is 1.43. The quantitative estimate of drug-likeness (QED) is 0.530. The highest BCUT2D eigenvalue weighted by Gasteiger charge is 2.44. The van der Waals surface area contributed by atoms with Crippen LogP contribution in [0.3, 0.4) is 0 Å². The summed E-state index contributed by atoms with van der Waals surface area (Å²) in [6, 6.07) is 27.9. The second-order valence-corrected chi connectivity index (χ2v) is 9.39. The Morgan fingerprint density at radius 2 is 1.79 bits per heavy atom. The van der Waals surface area contributed by atoms with Crippen molar-refractivity contribution in [3.8, 4) is 11.1 Å². The highest BCUT2D eigenvalue weighted by Crippen LogP contribution is 2.40. The third kappa shape index (κ3) is 4.59. The van der Waals surface area contributed by atoms with Crippen LogP contribution in [-0.4, -0.2) is 42.1 Å². The van der Waals surface area contributed by atoms with Crippen LogP contribution in [0.5, 0.6) is 0 Å². The summed E-state index contributed by atoms with van der Waals surface area (Å²) in [6.45, 7) is 3.60. The molecular weight excluding hydrogens is 408 g/mol. The number of fused-ring (bicyclic) bond motifs is 1. The fourth-order valence-electron chi connectivity index (χ4n) is 5.41. The Kier molecular flexibility index (Phi) is 6.30. The van der Waals surface area contributed by atoms with Gasteiger partial charge in [-0.05, 0) is 53.6 Å². The van der Waals surface area contributed by atoms with Crippen molar-refractivity contribution in [1.82, 2.24) is 9.96 Å². The summed E-state index contributed by atoms with van der Waals surface area (Å²) in [6.07, 6.45) is 2.21. The van der Waals surface area contributed by atoms with Crippen LogP contribution in [0.25, 0.3) is 11.1 Å². The van der Waals surface area contributed by atoms with Crippen LogP contribution in [0.15, 0.2) is 78.9 Å². The van der Waals surface area contributed by atoms with Crippen molar-refractivity contribution in [3.63, 3.8) is 0 Å². The Labute approximate surface area is 196 Å². The molecule has 0 spiro atoms. The molecule has 4 nitrogen and oxygen atoms in total. The van der Waals surface area contributed by atoms with E-state index in [2.05, 4.69) is 72.5 Å². The molecule has 0 unspecified atom stereocenters. The zero-order valence-corrected chi connectivity index (χ0v) is 19.5. The summed E-state index contributed by atoms with van der Waals surface area (Å²) < 4.78 is 0. The maximum absolute atomic E-state index is 13.5. The van der Waals surface area contributed by atoms with Crippen LogP contribution in [0.2, 0.25) is 0 Å². The maximum atomic E-state index is 13.5. The lowest BCUT2D eigenvalue weighted by atomic mass is 9.84. The molecule has 5 rings (SSSR count). The zero-order chi connectivity index (χ0) is 22.8. The van der Waals surface area contributed by atoms with Crippen molar-refractivity contribution in [2.45, 2.75) is 38.3 Å². The molecule has 0 saturated carbocycles. The van der Waals surface area contributed by atoms with E-state index >= 15 is 0 Å². The lowest BCUT2D eigenvalue weighted by Crippen LogP contribution is -2.49. The molecule has 1 amide bonds. The van der Waals surface area contributed by atoms with Crippen molar-refractivity contribution in [2.24, 2.45) is 5.92 Å². The minimum Gasteiger partial charge on any atom is -0.335 e. The van der Waals surface area contributed by atoms with Gasteiger partial charge >= 0.3 is 0 Å². The van der Waals surface area contributed by atoms with Gasteiger partial charge in [-0.2, -0.15) is 5.06 Å². The molecule has 0 radical (unpaired) electrons. The number of carbonyl (C=O) groups excluding carboxylic acids is 1. The molecule has 3 aromatic rings. The molecule has 0 N–H and O–H groups in total. The topological polar surface area (TPSA) is 32.8 Å². The van der Waals surface area contributed by atoms with Crippen molar-refractivity contribution in [3.05, 3.63) is 95.6 Å². The first-order valence-electron chi connectivity index (χ1n) is 12.0. The van der Waals surface area contributed by atoms with Crippen LogP contribution < -0.4 is 0 Å². The summed E-state index contributed by atoms with van der Waals surface area (Å²) in [5, 5.41) is 2.01. The number of hydroxylamine groups is 2. The van der Waals surface area contributed by atoms with Crippen LogP contribution in [-0.2, 0) is 16.1 Å². The van der Waals surface area contributed by atoms with E-state index in [1.165, 1.54) is 27.8 Å². The van der Waals surface area contributed by atoms with E-state index in [-0.39, 0.29) is 11.9 Å². The molecule has 0 bridgehead atoms. The lowest BCUT2D eigenvalue weighted by Gasteiger charge is -2.42. The summed E-state index contributed by atoms with van der Waals surface area (Å²) in [4.78, 5) is 21.5. The second-order valence-electron chi connectivity index (χ2n) is 9.39. The van der Waals surface area contributed by atoms with E-state index in [1.54, 1.807) is 0 Å². The van der Waals surface area contributed by atoms with E-state index in [9.17, 15) is 4.79 Å². The fourth-order valence-corrected chi connectivity index (χ4v) is 5.41. The summed E-state index contributed by atoms with van der Waals surface area (Å²) in [5.41, 5.74) is 6.14. The largest absolute Gasteiger partial charge is 0.335 e. The average Bonchev–Trinajstić information content (AvgIpc) is 3.22. The summed E-state index contributed by atoms with van der Waals surface area (Å²) in [5.74, 6) is 0.602. The van der Waals surface area contributed by atoms with Gasteiger partial charge in [0.15, 0.2) is 0 Å². The van der Waals surface area contributed by atoms with E-state index < -0.39 is 0 Å². The Hall–Kier alpha value is -2.95. The molecule has 2 aliphatic heterocycles. The highest BCUT2D eigenvalue weighted by atomic mass is 16.7. The van der Waals surface area contributed by atoms with Crippen molar-refractivity contribution < 1.29 is 9.63 Å². The minimum absolute atomic E-state index is 0.0580.